The Morgan fingerprint density at radius 1 is 1.19 bits per heavy atom. The van der Waals surface area contributed by atoms with Gasteiger partial charge in [0.1, 0.15) is 5.01 Å². The molecule has 0 spiro atoms. The van der Waals surface area contributed by atoms with Crippen LogP contribution in [0.5, 0.6) is 0 Å². The number of ether oxygens (including phenoxy) is 1. The van der Waals surface area contributed by atoms with Gasteiger partial charge in [-0.05, 0) is 37.3 Å². The fourth-order valence-electron chi connectivity index (χ4n) is 2.50. The average Bonchev–Trinajstić information content (AvgIpc) is 3.03. The van der Waals surface area contributed by atoms with Gasteiger partial charge in [0, 0.05) is 18.3 Å². The highest BCUT2D eigenvalue weighted by Gasteiger charge is 2.15. The Labute approximate surface area is 155 Å². The molecule has 0 aliphatic rings. The van der Waals surface area contributed by atoms with Gasteiger partial charge in [-0.2, -0.15) is 0 Å². The number of aromatic nitrogens is 1. The molecule has 1 aromatic heterocycles. The largest absolute Gasteiger partial charge is 0.450 e. The van der Waals surface area contributed by atoms with Crippen LogP contribution in [0.2, 0.25) is 0 Å². The van der Waals surface area contributed by atoms with Gasteiger partial charge >= 0.3 is 6.09 Å². The third-order valence-electron chi connectivity index (χ3n) is 3.69. The SMILES string of the molecule is CCOC(=O)Nc1cccc(C(=O)N(C)Cc2nc3ccccc3s2)c1. The van der Waals surface area contributed by atoms with E-state index in [2.05, 4.69) is 10.3 Å². The number of carbonyl (C=O) groups is 2. The van der Waals surface area contributed by atoms with Crippen LogP contribution in [0.25, 0.3) is 10.2 Å². The molecule has 0 unspecified atom stereocenters. The molecule has 1 N–H and O–H groups in total. The summed E-state index contributed by atoms with van der Waals surface area (Å²) in [4.78, 5) is 30.4. The van der Waals surface area contributed by atoms with Gasteiger partial charge < -0.3 is 9.64 Å². The van der Waals surface area contributed by atoms with Crippen molar-refractivity contribution in [2.45, 2.75) is 13.5 Å². The Morgan fingerprint density at radius 2 is 2.00 bits per heavy atom. The summed E-state index contributed by atoms with van der Waals surface area (Å²) in [7, 11) is 1.74. The minimum atomic E-state index is -0.542. The van der Waals surface area contributed by atoms with Gasteiger partial charge in [0.2, 0.25) is 0 Å². The normalized spacial score (nSPS) is 10.5. The van der Waals surface area contributed by atoms with E-state index in [1.165, 1.54) is 0 Å². The highest BCUT2D eigenvalue weighted by atomic mass is 32.1. The number of hydrogen-bond acceptors (Lipinski definition) is 5. The summed E-state index contributed by atoms with van der Waals surface area (Å²) in [5, 5.41) is 3.48. The van der Waals surface area contributed by atoms with Crippen molar-refractivity contribution in [1.82, 2.24) is 9.88 Å². The molecule has 1 heterocycles. The molecular weight excluding hydrogens is 350 g/mol. The fraction of sp³-hybridized carbons (Fsp3) is 0.211. The molecule has 0 saturated heterocycles. The molecule has 134 valence electrons. The third-order valence-corrected chi connectivity index (χ3v) is 4.71. The van der Waals surface area contributed by atoms with E-state index in [-0.39, 0.29) is 12.5 Å². The minimum absolute atomic E-state index is 0.142. The van der Waals surface area contributed by atoms with Crippen LogP contribution < -0.4 is 5.32 Å². The zero-order chi connectivity index (χ0) is 18.5. The Morgan fingerprint density at radius 3 is 2.77 bits per heavy atom. The van der Waals surface area contributed by atoms with Crippen molar-refractivity contribution in [2.75, 3.05) is 19.0 Å². The Hall–Kier alpha value is -2.93. The highest BCUT2D eigenvalue weighted by molar-refractivity contribution is 7.18. The van der Waals surface area contributed by atoms with Gasteiger partial charge in [-0.3, -0.25) is 10.1 Å². The summed E-state index contributed by atoms with van der Waals surface area (Å²) in [5.41, 5.74) is 1.94. The van der Waals surface area contributed by atoms with Crippen molar-refractivity contribution in [2.24, 2.45) is 0 Å². The minimum Gasteiger partial charge on any atom is -0.450 e. The summed E-state index contributed by atoms with van der Waals surface area (Å²) in [5.74, 6) is -0.142. The molecule has 2 aromatic carbocycles. The van der Waals surface area contributed by atoms with Gasteiger partial charge in [0.05, 0.1) is 23.4 Å². The molecule has 3 aromatic rings. The molecule has 0 fully saturated rings. The standard InChI is InChI=1S/C19H19N3O3S/c1-3-25-19(24)20-14-8-6-7-13(11-14)18(23)22(2)12-17-21-15-9-4-5-10-16(15)26-17/h4-11H,3,12H2,1-2H3,(H,20,24). The van der Waals surface area contributed by atoms with Gasteiger partial charge in [-0.15, -0.1) is 11.3 Å². The molecule has 0 saturated carbocycles. The summed E-state index contributed by atoms with van der Waals surface area (Å²) < 4.78 is 5.95. The van der Waals surface area contributed by atoms with Crippen LogP contribution >= 0.6 is 11.3 Å². The van der Waals surface area contributed by atoms with E-state index >= 15 is 0 Å². The van der Waals surface area contributed by atoms with Crippen LogP contribution in [-0.4, -0.2) is 35.5 Å². The van der Waals surface area contributed by atoms with Crippen LogP contribution in [0.4, 0.5) is 10.5 Å². The van der Waals surface area contributed by atoms with Crippen molar-refractivity contribution in [1.29, 1.82) is 0 Å². The third kappa shape index (κ3) is 4.18. The number of fused-ring (bicyclic) bond motifs is 1. The number of amides is 2. The first-order chi connectivity index (χ1) is 12.6. The lowest BCUT2D eigenvalue weighted by molar-refractivity contribution is 0.0785. The van der Waals surface area contributed by atoms with E-state index in [9.17, 15) is 9.59 Å². The Bertz CT molecular complexity index is 905. The van der Waals surface area contributed by atoms with Crippen LogP contribution in [-0.2, 0) is 11.3 Å². The smallest absolute Gasteiger partial charge is 0.411 e. The maximum Gasteiger partial charge on any atom is 0.411 e. The van der Waals surface area contributed by atoms with Crippen molar-refractivity contribution >= 4 is 39.2 Å². The van der Waals surface area contributed by atoms with E-state index in [0.717, 1.165) is 15.2 Å². The first-order valence-electron chi connectivity index (χ1n) is 8.20. The van der Waals surface area contributed by atoms with Crippen LogP contribution in [0.15, 0.2) is 48.5 Å². The highest BCUT2D eigenvalue weighted by Crippen LogP contribution is 2.23. The van der Waals surface area contributed by atoms with Crippen LogP contribution in [0, 0.1) is 0 Å². The summed E-state index contributed by atoms with van der Waals surface area (Å²) in [6, 6.07) is 14.7. The molecule has 0 atom stereocenters. The van der Waals surface area contributed by atoms with Gasteiger partial charge in [-0.25, -0.2) is 9.78 Å². The first-order valence-corrected chi connectivity index (χ1v) is 9.02. The van der Waals surface area contributed by atoms with E-state index in [0.29, 0.717) is 17.8 Å². The maximum absolute atomic E-state index is 12.7. The number of nitrogens with zero attached hydrogens (tertiary/aromatic N) is 2. The summed E-state index contributed by atoms with van der Waals surface area (Å²) >= 11 is 1.58. The van der Waals surface area contributed by atoms with Crippen molar-refractivity contribution in [3.05, 3.63) is 59.1 Å². The quantitative estimate of drug-likeness (QED) is 0.734. The lowest BCUT2D eigenvalue weighted by Crippen LogP contribution is -2.26. The number of carbonyl (C=O) groups excluding carboxylic acids is 2. The average molecular weight is 369 g/mol. The summed E-state index contributed by atoms with van der Waals surface area (Å²) in [6.45, 7) is 2.44. The fourth-order valence-corrected chi connectivity index (χ4v) is 3.52. The monoisotopic (exact) mass is 369 g/mol. The van der Waals surface area contributed by atoms with Gasteiger partial charge in [-0.1, -0.05) is 18.2 Å². The zero-order valence-electron chi connectivity index (χ0n) is 14.6. The van der Waals surface area contributed by atoms with E-state index in [1.807, 2.05) is 24.3 Å². The molecular formula is C19H19N3O3S. The second-order valence-electron chi connectivity index (χ2n) is 5.66. The molecule has 7 heteroatoms. The molecule has 0 radical (unpaired) electrons. The molecule has 0 bridgehead atoms. The van der Waals surface area contributed by atoms with E-state index in [4.69, 9.17) is 4.74 Å². The second-order valence-corrected chi connectivity index (χ2v) is 6.78. The number of rotatable bonds is 5. The predicted octanol–water partition coefficient (Wildman–Crippen LogP) is 4.14. The van der Waals surface area contributed by atoms with E-state index in [1.54, 1.807) is 54.5 Å². The number of benzene rings is 2. The molecule has 3 rings (SSSR count). The van der Waals surface area contributed by atoms with Gasteiger partial charge in [0.15, 0.2) is 0 Å². The zero-order valence-corrected chi connectivity index (χ0v) is 15.4. The lowest BCUT2D eigenvalue weighted by atomic mass is 10.2. The molecule has 2 amide bonds. The van der Waals surface area contributed by atoms with Crippen molar-refractivity contribution < 1.29 is 14.3 Å². The number of anilines is 1. The lowest BCUT2D eigenvalue weighted by Gasteiger charge is -2.16. The molecule has 0 aliphatic carbocycles. The molecule has 6 nitrogen and oxygen atoms in total. The molecule has 0 aliphatic heterocycles. The summed E-state index contributed by atoms with van der Waals surface area (Å²) in [6.07, 6.45) is -0.542. The van der Waals surface area contributed by atoms with E-state index < -0.39 is 6.09 Å². The maximum atomic E-state index is 12.7. The van der Waals surface area contributed by atoms with Crippen molar-refractivity contribution in [3.63, 3.8) is 0 Å². The number of para-hydroxylation sites is 1. The molecule has 26 heavy (non-hydrogen) atoms. The Balaban J connectivity index is 1.70. The Kier molecular flexibility index (Phi) is 5.48. The topological polar surface area (TPSA) is 71.5 Å². The number of hydrogen-bond donors (Lipinski definition) is 1. The second kappa shape index (κ2) is 7.97. The first kappa shape index (κ1) is 17.9. The van der Waals surface area contributed by atoms with Crippen molar-refractivity contribution in [3.8, 4) is 0 Å². The number of nitrogens with one attached hydrogen (secondary N) is 1. The predicted molar refractivity (Wildman–Crippen MR) is 103 cm³/mol. The van der Waals surface area contributed by atoms with Crippen LogP contribution in [0.3, 0.4) is 0 Å². The van der Waals surface area contributed by atoms with Gasteiger partial charge in [0.25, 0.3) is 5.91 Å². The van der Waals surface area contributed by atoms with Crippen LogP contribution in [0.1, 0.15) is 22.3 Å². The number of thiazole rings is 1.